The highest BCUT2D eigenvalue weighted by Crippen LogP contribution is 2.47. The molecule has 0 saturated heterocycles. The summed E-state index contributed by atoms with van der Waals surface area (Å²) in [6, 6.07) is 52.6. The topological polar surface area (TPSA) is 27.7 Å². The van der Waals surface area contributed by atoms with Gasteiger partial charge in [0.25, 0.3) is 0 Å². The number of benzene rings is 6. The van der Waals surface area contributed by atoms with E-state index in [1.165, 1.54) is 0 Å². The third-order valence-electron chi connectivity index (χ3n) is 6.42. The molecule has 212 valence electrons. The zero-order valence-corrected chi connectivity index (χ0v) is 27.8. The molecule has 2 unspecified atom stereocenters. The van der Waals surface area contributed by atoms with Gasteiger partial charge in [0.15, 0.2) is 39.3 Å². The molecule has 0 spiro atoms. The monoisotopic (exact) mass is 726 g/mol. The first kappa shape index (κ1) is 29.6. The molecule has 0 amide bonds. The van der Waals surface area contributed by atoms with Gasteiger partial charge in [0.1, 0.15) is 0 Å². The molecule has 43 heavy (non-hydrogen) atoms. The largest absolute Gasteiger partial charge is 0.461 e. The van der Waals surface area contributed by atoms with Gasteiger partial charge in [-0.15, -0.1) is 0 Å². The number of ether oxygens (including phenoxy) is 1. The van der Waals surface area contributed by atoms with Crippen LogP contribution in [0.15, 0.2) is 167 Å². The van der Waals surface area contributed by atoms with Crippen molar-refractivity contribution in [3.63, 3.8) is 0 Å². The predicted molar refractivity (Wildman–Crippen MR) is 188 cm³/mol. The van der Waals surface area contributed by atoms with Gasteiger partial charge in [-0.3, -0.25) is 0 Å². The summed E-state index contributed by atoms with van der Waals surface area (Å²) in [4.78, 5) is 0. The third-order valence-corrected chi connectivity index (χ3v) is 12.4. The van der Waals surface area contributed by atoms with Crippen LogP contribution >= 0.6 is 48.2 Å². The summed E-state index contributed by atoms with van der Waals surface area (Å²) in [6.45, 7) is 0. The molecule has 0 radical (unpaired) electrons. The van der Waals surface area contributed by atoms with E-state index in [2.05, 4.69) is 68.3 Å². The zero-order valence-electron chi connectivity index (χ0n) is 22.9. The Morgan fingerprint density at radius 2 is 0.674 bits per heavy atom. The van der Waals surface area contributed by atoms with Gasteiger partial charge in [0.2, 0.25) is 0 Å². The van der Waals surface area contributed by atoms with Crippen molar-refractivity contribution in [1.82, 2.24) is 0 Å². The van der Waals surface area contributed by atoms with E-state index >= 15 is 0 Å². The fraction of sp³-hybridized carbons (Fsp3) is 0. The maximum absolute atomic E-state index is 6.81. The van der Waals surface area contributed by atoms with Crippen molar-refractivity contribution in [2.24, 2.45) is 0 Å². The van der Waals surface area contributed by atoms with Gasteiger partial charge >= 0.3 is 0 Å². The summed E-state index contributed by atoms with van der Waals surface area (Å²) in [7, 11) is -2.37. The second-order valence-electron chi connectivity index (χ2n) is 9.34. The van der Waals surface area contributed by atoms with Crippen LogP contribution in [-0.2, 0) is 0 Å². The molecule has 0 aliphatic rings. The SMILES string of the molecule is Brc1ccccc1P(Oc1ccccc1Oc1ccccc1OP(c1ccccc1)c1ccccc1Br)c1ccccc1. The van der Waals surface area contributed by atoms with E-state index in [-0.39, 0.29) is 0 Å². The molecule has 6 rings (SSSR count). The van der Waals surface area contributed by atoms with Gasteiger partial charge in [-0.05, 0) is 48.5 Å². The van der Waals surface area contributed by atoms with Gasteiger partial charge in [-0.25, -0.2) is 0 Å². The maximum atomic E-state index is 6.81. The van der Waals surface area contributed by atoms with Crippen LogP contribution in [0.3, 0.4) is 0 Å². The van der Waals surface area contributed by atoms with Gasteiger partial charge in [-0.1, -0.05) is 141 Å². The smallest absolute Gasteiger partial charge is 0.169 e. The average molecular weight is 728 g/mol. The average Bonchev–Trinajstić information content (AvgIpc) is 3.05. The number of hydrogen-bond acceptors (Lipinski definition) is 3. The lowest BCUT2D eigenvalue weighted by Gasteiger charge is -2.23. The summed E-state index contributed by atoms with van der Waals surface area (Å²) in [6.07, 6.45) is 0. The van der Waals surface area contributed by atoms with Crippen molar-refractivity contribution < 1.29 is 13.8 Å². The Kier molecular flexibility index (Phi) is 9.87. The van der Waals surface area contributed by atoms with E-state index in [0.717, 1.165) is 30.2 Å². The Balaban J connectivity index is 1.34. The van der Waals surface area contributed by atoms with E-state index < -0.39 is 16.3 Å². The van der Waals surface area contributed by atoms with Crippen LogP contribution in [0.4, 0.5) is 0 Å². The molecule has 3 nitrogen and oxygen atoms in total. The van der Waals surface area contributed by atoms with Gasteiger partial charge < -0.3 is 13.8 Å². The third kappa shape index (κ3) is 7.20. The Labute approximate surface area is 271 Å². The fourth-order valence-corrected chi connectivity index (χ4v) is 9.44. The summed E-state index contributed by atoms with van der Waals surface area (Å²) in [5, 5.41) is 4.38. The van der Waals surface area contributed by atoms with E-state index in [0.29, 0.717) is 23.0 Å². The summed E-state index contributed by atoms with van der Waals surface area (Å²) < 4.78 is 22.2. The quantitative estimate of drug-likeness (QED) is 0.132. The molecule has 0 aromatic heterocycles. The first-order chi connectivity index (χ1) is 21.2. The normalized spacial score (nSPS) is 12.2. The highest BCUT2D eigenvalue weighted by molar-refractivity contribution is 9.11. The standard InChI is InChI=1S/C36H26Br2O3P2/c37-29-19-7-13-25-35(29)42(27-15-3-1-4-16-27)40-33-23-11-9-21-31(33)39-32-22-10-12-24-34(32)41-43(28-17-5-2-6-18-28)36-26-14-8-20-30(36)38/h1-26H. The minimum absolute atomic E-state index is 0.610. The molecule has 0 bridgehead atoms. The molecule has 0 saturated carbocycles. The molecule has 0 fully saturated rings. The lowest BCUT2D eigenvalue weighted by atomic mass is 10.3. The molecule has 7 heteroatoms. The van der Waals surface area contributed by atoms with Crippen molar-refractivity contribution in [2.75, 3.05) is 0 Å². The van der Waals surface area contributed by atoms with Crippen LogP contribution in [0.25, 0.3) is 0 Å². The Hall–Kier alpha value is -3.46. The van der Waals surface area contributed by atoms with Crippen LogP contribution < -0.4 is 35.0 Å². The molecule has 0 N–H and O–H groups in total. The second kappa shape index (κ2) is 14.3. The summed E-state index contributed by atoms with van der Waals surface area (Å²) in [5.41, 5.74) is 0. The molecule has 2 atom stereocenters. The van der Waals surface area contributed by atoms with Crippen LogP contribution in [-0.4, -0.2) is 0 Å². The summed E-state index contributed by atoms with van der Waals surface area (Å²) in [5.74, 6) is 2.52. The molecular formula is C36H26Br2O3P2. The van der Waals surface area contributed by atoms with Crippen molar-refractivity contribution in [3.05, 3.63) is 167 Å². The Bertz CT molecular complexity index is 1670. The minimum Gasteiger partial charge on any atom is -0.461 e. The van der Waals surface area contributed by atoms with Crippen LogP contribution in [0, 0.1) is 0 Å². The van der Waals surface area contributed by atoms with Crippen molar-refractivity contribution in [3.8, 4) is 23.0 Å². The van der Waals surface area contributed by atoms with Crippen molar-refractivity contribution in [1.29, 1.82) is 0 Å². The zero-order chi connectivity index (χ0) is 29.4. The number of rotatable bonds is 10. The highest BCUT2D eigenvalue weighted by Gasteiger charge is 2.24. The molecule has 0 aliphatic carbocycles. The van der Waals surface area contributed by atoms with Gasteiger partial charge in [0.05, 0.1) is 0 Å². The number of halogens is 2. The minimum atomic E-state index is -1.18. The van der Waals surface area contributed by atoms with Crippen LogP contribution in [0.1, 0.15) is 0 Å². The van der Waals surface area contributed by atoms with E-state index in [1.54, 1.807) is 0 Å². The van der Waals surface area contributed by atoms with Crippen molar-refractivity contribution in [2.45, 2.75) is 0 Å². The van der Waals surface area contributed by atoms with Crippen LogP contribution in [0.2, 0.25) is 0 Å². The second-order valence-corrected chi connectivity index (χ2v) is 14.6. The van der Waals surface area contributed by atoms with Gasteiger partial charge in [-0.2, -0.15) is 0 Å². The van der Waals surface area contributed by atoms with E-state index in [1.807, 2.05) is 121 Å². The van der Waals surface area contributed by atoms with Crippen molar-refractivity contribution >= 4 is 69.4 Å². The molecule has 0 aliphatic heterocycles. The summed E-state index contributed by atoms with van der Waals surface area (Å²) >= 11 is 7.49. The predicted octanol–water partition coefficient (Wildman–Crippen LogP) is 9.86. The number of para-hydroxylation sites is 4. The van der Waals surface area contributed by atoms with Crippen LogP contribution in [0.5, 0.6) is 23.0 Å². The first-order valence-electron chi connectivity index (χ1n) is 13.6. The Morgan fingerprint density at radius 3 is 1.07 bits per heavy atom. The highest BCUT2D eigenvalue weighted by atomic mass is 79.9. The van der Waals surface area contributed by atoms with E-state index in [9.17, 15) is 0 Å². The lowest BCUT2D eigenvalue weighted by molar-refractivity contribution is 0.438. The first-order valence-corrected chi connectivity index (χ1v) is 17.7. The Morgan fingerprint density at radius 1 is 0.349 bits per heavy atom. The molecule has 0 heterocycles. The number of hydrogen-bond donors (Lipinski definition) is 0. The van der Waals surface area contributed by atoms with E-state index in [4.69, 9.17) is 13.8 Å². The lowest BCUT2D eigenvalue weighted by Crippen LogP contribution is -2.17. The fourth-order valence-electron chi connectivity index (χ4n) is 4.38. The maximum Gasteiger partial charge on any atom is 0.169 e. The molecule has 6 aromatic rings. The molecule has 6 aromatic carbocycles. The van der Waals surface area contributed by atoms with Gasteiger partial charge in [0, 0.05) is 30.2 Å². The molecular weight excluding hydrogens is 702 g/mol.